The van der Waals surface area contributed by atoms with Crippen molar-refractivity contribution in [1.29, 1.82) is 0 Å². The molecule has 2 heterocycles. The molecule has 0 fully saturated rings. The number of nitrogens with zero attached hydrogens (tertiary/aromatic N) is 2. The lowest BCUT2D eigenvalue weighted by atomic mass is 10.1. The summed E-state index contributed by atoms with van der Waals surface area (Å²) in [6.07, 6.45) is 3.31. The monoisotopic (exact) mass is 288 g/mol. The first-order valence-corrected chi connectivity index (χ1v) is 6.82. The maximum Gasteiger partial charge on any atom is 0.345 e. The van der Waals surface area contributed by atoms with Crippen molar-refractivity contribution in [3.05, 3.63) is 41.7 Å². The fourth-order valence-corrected chi connectivity index (χ4v) is 2.26. The van der Waals surface area contributed by atoms with Crippen molar-refractivity contribution < 1.29 is 19.4 Å². The Morgan fingerprint density at radius 3 is 3.14 bits per heavy atom. The summed E-state index contributed by atoms with van der Waals surface area (Å²) in [7, 11) is 0. The highest BCUT2D eigenvalue weighted by Crippen LogP contribution is 2.32. The van der Waals surface area contributed by atoms with E-state index in [2.05, 4.69) is 5.10 Å². The van der Waals surface area contributed by atoms with Gasteiger partial charge in [0.1, 0.15) is 18.1 Å². The molecule has 0 amide bonds. The first kappa shape index (κ1) is 13.5. The summed E-state index contributed by atoms with van der Waals surface area (Å²) in [5.74, 6) is 0.300. The summed E-state index contributed by atoms with van der Waals surface area (Å²) in [5.41, 5.74) is 1.88. The third kappa shape index (κ3) is 2.84. The van der Waals surface area contributed by atoms with Crippen LogP contribution >= 0.6 is 0 Å². The van der Waals surface area contributed by atoms with E-state index < -0.39 is 12.1 Å². The maximum absolute atomic E-state index is 10.9. The average Bonchev–Trinajstić information content (AvgIpc) is 3.11. The number of benzene rings is 1. The summed E-state index contributed by atoms with van der Waals surface area (Å²) >= 11 is 0. The minimum atomic E-state index is -0.944. The van der Waals surface area contributed by atoms with Crippen LogP contribution in [0.1, 0.15) is 18.1 Å². The fourth-order valence-electron chi connectivity index (χ4n) is 2.26. The molecular weight excluding hydrogens is 272 g/mol. The molecule has 2 aromatic rings. The van der Waals surface area contributed by atoms with E-state index in [-0.39, 0.29) is 0 Å². The zero-order valence-electron chi connectivity index (χ0n) is 11.7. The third-order valence-corrected chi connectivity index (χ3v) is 3.40. The first-order chi connectivity index (χ1) is 10.2. The van der Waals surface area contributed by atoms with E-state index in [1.807, 2.05) is 29.9 Å². The van der Waals surface area contributed by atoms with Crippen molar-refractivity contribution in [3.63, 3.8) is 0 Å². The largest absolute Gasteiger partial charge is 0.489 e. The minimum absolute atomic E-state index is 0.397. The van der Waals surface area contributed by atoms with Gasteiger partial charge in [0.05, 0.1) is 6.20 Å². The molecule has 21 heavy (non-hydrogen) atoms. The van der Waals surface area contributed by atoms with Crippen molar-refractivity contribution in [1.82, 2.24) is 9.78 Å². The van der Waals surface area contributed by atoms with Gasteiger partial charge in [0.15, 0.2) is 6.10 Å². The van der Waals surface area contributed by atoms with E-state index in [0.29, 0.717) is 24.5 Å². The molecule has 0 saturated carbocycles. The van der Waals surface area contributed by atoms with Gasteiger partial charge in [0.2, 0.25) is 0 Å². The number of carboxylic acid groups (broad SMARTS) is 1. The highest BCUT2D eigenvalue weighted by atomic mass is 16.5. The zero-order valence-corrected chi connectivity index (χ0v) is 11.7. The lowest BCUT2D eigenvalue weighted by Gasteiger charge is -2.07. The Labute approximate surface area is 121 Å². The van der Waals surface area contributed by atoms with Gasteiger partial charge in [0, 0.05) is 30.8 Å². The van der Waals surface area contributed by atoms with Gasteiger partial charge in [-0.3, -0.25) is 4.68 Å². The highest BCUT2D eigenvalue weighted by molar-refractivity contribution is 5.74. The number of ether oxygens (including phenoxy) is 2. The summed E-state index contributed by atoms with van der Waals surface area (Å²) < 4.78 is 12.9. The molecule has 1 aromatic carbocycles. The molecule has 1 atom stereocenters. The molecular formula is C15H16N2O4. The normalized spacial score (nSPS) is 16.3. The van der Waals surface area contributed by atoms with Crippen molar-refractivity contribution >= 4 is 5.97 Å². The number of rotatable bonds is 5. The zero-order chi connectivity index (χ0) is 14.8. The second kappa shape index (κ2) is 5.47. The SMILES string of the molecule is CCn1cc(COc2ccc3c(c2)OC(C(=O)O)C3)cn1. The van der Waals surface area contributed by atoms with Gasteiger partial charge in [-0.25, -0.2) is 4.79 Å². The van der Waals surface area contributed by atoms with E-state index in [1.54, 1.807) is 12.3 Å². The van der Waals surface area contributed by atoms with E-state index in [0.717, 1.165) is 17.7 Å². The van der Waals surface area contributed by atoms with Crippen molar-refractivity contribution in [3.8, 4) is 11.5 Å². The summed E-state index contributed by atoms with van der Waals surface area (Å²) in [4.78, 5) is 10.9. The molecule has 1 aliphatic rings. The van der Waals surface area contributed by atoms with Crippen molar-refractivity contribution in [2.24, 2.45) is 0 Å². The van der Waals surface area contributed by atoms with Gasteiger partial charge in [-0.2, -0.15) is 5.10 Å². The van der Waals surface area contributed by atoms with Crippen LogP contribution in [0.2, 0.25) is 0 Å². The van der Waals surface area contributed by atoms with Crippen LogP contribution in [0.15, 0.2) is 30.6 Å². The maximum atomic E-state index is 10.9. The van der Waals surface area contributed by atoms with Crippen LogP contribution < -0.4 is 9.47 Å². The van der Waals surface area contributed by atoms with E-state index in [4.69, 9.17) is 14.6 Å². The molecule has 1 aliphatic heterocycles. The molecule has 110 valence electrons. The van der Waals surface area contributed by atoms with Gasteiger partial charge in [-0.15, -0.1) is 0 Å². The van der Waals surface area contributed by atoms with Gasteiger partial charge in [0.25, 0.3) is 0 Å². The number of hydrogen-bond donors (Lipinski definition) is 1. The van der Waals surface area contributed by atoms with E-state index >= 15 is 0 Å². The molecule has 1 aromatic heterocycles. The molecule has 0 bridgehead atoms. The summed E-state index contributed by atoms with van der Waals surface area (Å²) in [6.45, 7) is 3.26. The Balaban J connectivity index is 1.65. The number of carbonyl (C=O) groups is 1. The fraction of sp³-hybridized carbons (Fsp3) is 0.333. The van der Waals surface area contributed by atoms with Crippen LogP contribution in [0.5, 0.6) is 11.5 Å². The molecule has 0 aliphatic carbocycles. The van der Waals surface area contributed by atoms with Gasteiger partial charge in [-0.1, -0.05) is 6.07 Å². The minimum Gasteiger partial charge on any atom is -0.489 e. The number of aromatic nitrogens is 2. The second-order valence-electron chi connectivity index (χ2n) is 4.91. The molecule has 6 heteroatoms. The molecule has 1 N–H and O–H groups in total. The lowest BCUT2D eigenvalue weighted by Crippen LogP contribution is -2.24. The molecule has 6 nitrogen and oxygen atoms in total. The Morgan fingerprint density at radius 1 is 1.57 bits per heavy atom. The number of aryl methyl sites for hydroxylation is 1. The van der Waals surface area contributed by atoms with Crippen LogP contribution in [-0.4, -0.2) is 27.0 Å². The smallest absolute Gasteiger partial charge is 0.345 e. The topological polar surface area (TPSA) is 73.6 Å². The lowest BCUT2D eigenvalue weighted by molar-refractivity contribution is -0.144. The van der Waals surface area contributed by atoms with E-state index in [1.165, 1.54) is 0 Å². The van der Waals surface area contributed by atoms with Gasteiger partial charge < -0.3 is 14.6 Å². The third-order valence-electron chi connectivity index (χ3n) is 3.40. The number of aliphatic carboxylic acids is 1. The average molecular weight is 288 g/mol. The second-order valence-corrected chi connectivity index (χ2v) is 4.91. The van der Waals surface area contributed by atoms with Gasteiger partial charge >= 0.3 is 5.97 Å². The molecule has 3 rings (SSSR count). The Hall–Kier alpha value is -2.50. The molecule has 0 saturated heterocycles. The van der Waals surface area contributed by atoms with Crippen molar-refractivity contribution in [2.75, 3.05) is 0 Å². The Bertz CT molecular complexity index is 665. The van der Waals surface area contributed by atoms with Crippen LogP contribution in [0.25, 0.3) is 0 Å². The number of hydrogen-bond acceptors (Lipinski definition) is 4. The molecule has 0 radical (unpaired) electrons. The first-order valence-electron chi connectivity index (χ1n) is 6.82. The quantitative estimate of drug-likeness (QED) is 0.909. The van der Waals surface area contributed by atoms with Crippen LogP contribution in [0.3, 0.4) is 0 Å². The van der Waals surface area contributed by atoms with Crippen LogP contribution in [-0.2, 0) is 24.4 Å². The van der Waals surface area contributed by atoms with Crippen LogP contribution in [0, 0.1) is 0 Å². The molecule has 0 spiro atoms. The highest BCUT2D eigenvalue weighted by Gasteiger charge is 2.28. The predicted molar refractivity (Wildman–Crippen MR) is 74.4 cm³/mol. The molecule has 1 unspecified atom stereocenters. The summed E-state index contributed by atoms with van der Waals surface area (Å²) in [5, 5.41) is 13.1. The Morgan fingerprint density at radius 2 is 2.43 bits per heavy atom. The number of carboxylic acids is 1. The van der Waals surface area contributed by atoms with Crippen LogP contribution in [0.4, 0.5) is 0 Å². The Kier molecular flexibility index (Phi) is 3.51. The number of fused-ring (bicyclic) bond motifs is 1. The van der Waals surface area contributed by atoms with Crippen molar-refractivity contribution in [2.45, 2.75) is 32.6 Å². The predicted octanol–water partition coefficient (Wildman–Crippen LogP) is 1.87. The summed E-state index contributed by atoms with van der Waals surface area (Å²) in [6, 6.07) is 5.42. The van der Waals surface area contributed by atoms with E-state index in [9.17, 15) is 4.79 Å². The van der Waals surface area contributed by atoms with Gasteiger partial charge in [-0.05, 0) is 18.6 Å². The standard InChI is InChI=1S/C15H16N2O4/c1-2-17-8-10(7-16-17)9-20-12-4-3-11-5-14(15(18)19)21-13(11)6-12/h3-4,6-8,14H,2,5,9H2,1H3,(H,18,19).